The molecule has 0 aromatic heterocycles. The predicted octanol–water partition coefficient (Wildman–Crippen LogP) is 3.52. The first-order chi connectivity index (χ1) is 5.33. The van der Waals surface area contributed by atoms with Gasteiger partial charge in [0.1, 0.15) is 0 Å². The third kappa shape index (κ3) is 6.86. The predicted molar refractivity (Wildman–Crippen MR) is 57.9 cm³/mol. The molecule has 0 aliphatic carbocycles. The minimum Gasteiger partial charge on any atom is -0.418 e. The summed E-state index contributed by atoms with van der Waals surface area (Å²) < 4.78 is 5.79. The van der Waals surface area contributed by atoms with Gasteiger partial charge in [-0.05, 0) is 37.9 Å². The molecule has 0 rings (SSSR count). The Labute approximate surface area is 78.6 Å². The quantitative estimate of drug-likeness (QED) is 0.600. The van der Waals surface area contributed by atoms with Crippen molar-refractivity contribution < 1.29 is 4.43 Å². The van der Waals surface area contributed by atoms with Crippen molar-refractivity contribution in [2.24, 2.45) is 11.8 Å². The molecule has 0 saturated heterocycles. The highest BCUT2D eigenvalue weighted by Crippen LogP contribution is 2.15. The lowest BCUT2D eigenvalue weighted by Crippen LogP contribution is -2.26. The van der Waals surface area contributed by atoms with Crippen LogP contribution in [0.15, 0.2) is 0 Å². The van der Waals surface area contributed by atoms with Crippen LogP contribution in [0.25, 0.3) is 0 Å². The smallest absolute Gasteiger partial charge is 0.183 e. The zero-order valence-corrected chi connectivity index (χ0v) is 10.5. The fourth-order valence-corrected chi connectivity index (χ4v) is 1.61. The Morgan fingerprint density at radius 1 is 1.08 bits per heavy atom. The fraction of sp³-hybridized carbons (Fsp3) is 1.00. The summed E-state index contributed by atoms with van der Waals surface area (Å²) in [6.45, 7) is 14.5. The van der Waals surface area contributed by atoms with Gasteiger partial charge in [0.2, 0.25) is 0 Å². The van der Waals surface area contributed by atoms with Crippen molar-refractivity contribution in [2.75, 3.05) is 6.61 Å². The zero-order valence-electron chi connectivity index (χ0n) is 9.48. The Hall–Kier alpha value is 0.177. The maximum Gasteiger partial charge on any atom is 0.183 e. The molecule has 1 nitrogen and oxygen atoms in total. The van der Waals surface area contributed by atoms with Crippen molar-refractivity contribution in [3.8, 4) is 0 Å². The first kappa shape index (κ1) is 12.2. The Morgan fingerprint density at radius 3 is 1.92 bits per heavy atom. The summed E-state index contributed by atoms with van der Waals surface area (Å²) in [6, 6.07) is 0. The highest BCUT2D eigenvalue weighted by Gasteiger charge is 2.14. The third-order valence-corrected chi connectivity index (χ3v) is 3.32. The first-order valence-corrected chi connectivity index (χ1v) is 8.37. The van der Waals surface area contributed by atoms with Gasteiger partial charge in [0, 0.05) is 6.61 Å². The average molecular weight is 188 g/mol. The summed E-state index contributed by atoms with van der Waals surface area (Å²) in [5.74, 6) is 1.58. The summed E-state index contributed by atoms with van der Waals surface area (Å²) in [5.41, 5.74) is 0. The molecule has 1 unspecified atom stereocenters. The van der Waals surface area contributed by atoms with Gasteiger partial charge in [0.25, 0.3) is 0 Å². The van der Waals surface area contributed by atoms with E-state index in [2.05, 4.69) is 40.4 Å². The molecule has 0 aromatic rings. The summed E-state index contributed by atoms with van der Waals surface area (Å²) in [4.78, 5) is 0. The van der Waals surface area contributed by atoms with Crippen LogP contribution >= 0.6 is 0 Å². The Kier molecular flexibility index (Phi) is 5.10. The van der Waals surface area contributed by atoms with Crippen molar-refractivity contribution in [3.63, 3.8) is 0 Å². The van der Waals surface area contributed by atoms with E-state index in [-0.39, 0.29) is 0 Å². The molecule has 0 aromatic carbocycles. The lowest BCUT2D eigenvalue weighted by atomic mass is 9.95. The maximum absolute atomic E-state index is 5.79. The molecule has 2 heteroatoms. The highest BCUT2D eigenvalue weighted by atomic mass is 28.4. The Morgan fingerprint density at radius 2 is 1.58 bits per heavy atom. The molecule has 0 fully saturated rings. The normalized spacial score (nSPS) is 15.2. The standard InChI is InChI=1S/C10H24OSi/c1-9(2)10(3)7-8-11-12(4,5)6/h9-10H,7-8H2,1-6H3. The van der Waals surface area contributed by atoms with Crippen LogP contribution in [-0.2, 0) is 4.43 Å². The van der Waals surface area contributed by atoms with Crippen LogP contribution in [0.4, 0.5) is 0 Å². The van der Waals surface area contributed by atoms with E-state index in [0.717, 1.165) is 18.4 Å². The third-order valence-electron chi connectivity index (χ3n) is 2.25. The molecule has 0 radical (unpaired) electrons. The molecule has 0 amide bonds. The van der Waals surface area contributed by atoms with Gasteiger partial charge in [0.15, 0.2) is 8.32 Å². The van der Waals surface area contributed by atoms with E-state index in [1.54, 1.807) is 0 Å². The number of rotatable bonds is 5. The van der Waals surface area contributed by atoms with Crippen molar-refractivity contribution in [2.45, 2.75) is 46.8 Å². The van der Waals surface area contributed by atoms with Gasteiger partial charge in [-0.15, -0.1) is 0 Å². The molecular formula is C10H24OSi. The molecule has 0 aliphatic heterocycles. The molecule has 0 spiro atoms. The lowest BCUT2D eigenvalue weighted by molar-refractivity contribution is 0.254. The number of hydrogen-bond donors (Lipinski definition) is 0. The molecule has 74 valence electrons. The second kappa shape index (κ2) is 5.03. The van der Waals surface area contributed by atoms with Crippen molar-refractivity contribution in [1.29, 1.82) is 0 Å². The average Bonchev–Trinajstić information content (AvgIpc) is 1.84. The molecule has 0 N–H and O–H groups in total. The van der Waals surface area contributed by atoms with Crippen molar-refractivity contribution in [3.05, 3.63) is 0 Å². The summed E-state index contributed by atoms with van der Waals surface area (Å²) >= 11 is 0. The van der Waals surface area contributed by atoms with Crippen molar-refractivity contribution >= 4 is 8.32 Å². The number of hydrogen-bond acceptors (Lipinski definition) is 1. The minimum atomic E-state index is -1.26. The lowest BCUT2D eigenvalue weighted by Gasteiger charge is -2.20. The van der Waals surface area contributed by atoms with E-state index in [0.29, 0.717) is 0 Å². The van der Waals surface area contributed by atoms with Crippen LogP contribution in [0.2, 0.25) is 19.6 Å². The first-order valence-electron chi connectivity index (χ1n) is 4.97. The molecule has 1 atom stereocenters. The van der Waals surface area contributed by atoms with E-state index in [4.69, 9.17) is 4.43 Å². The highest BCUT2D eigenvalue weighted by molar-refractivity contribution is 6.69. The maximum atomic E-state index is 5.79. The van der Waals surface area contributed by atoms with Gasteiger partial charge in [-0.3, -0.25) is 0 Å². The molecule has 0 aliphatic rings. The fourth-order valence-electron chi connectivity index (χ4n) is 0.884. The topological polar surface area (TPSA) is 9.23 Å². The van der Waals surface area contributed by atoms with Gasteiger partial charge < -0.3 is 4.43 Å². The Bertz CT molecular complexity index is 115. The zero-order chi connectivity index (χ0) is 9.78. The van der Waals surface area contributed by atoms with E-state index >= 15 is 0 Å². The monoisotopic (exact) mass is 188 g/mol. The van der Waals surface area contributed by atoms with Crippen LogP contribution in [0.1, 0.15) is 27.2 Å². The summed E-state index contributed by atoms with van der Waals surface area (Å²) in [5, 5.41) is 0. The minimum absolute atomic E-state index is 0.787. The largest absolute Gasteiger partial charge is 0.418 e. The van der Waals surface area contributed by atoms with Gasteiger partial charge in [-0.25, -0.2) is 0 Å². The molecule has 0 saturated carbocycles. The van der Waals surface area contributed by atoms with E-state index < -0.39 is 8.32 Å². The molecular weight excluding hydrogens is 164 g/mol. The van der Waals surface area contributed by atoms with Gasteiger partial charge >= 0.3 is 0 Å². The second-order valence-electron chi connectivity index (χ2n) is 4.97. The van der Waals surface area contributed by atoms with Gasteiger partial charge in [-0.2, -0.15) is 0 Å². The van der Waals surface area contributed by atoms with Crippen LogP contribution in [-0.4, -0.2) is 14.9 Å². The van der Waals surface area contributed by atoms with E-state index in [1.807, 2.05) is 0 Å². The summed E-state index contributed by atoms with van der Waals surface area (Å²) in [7, 11) is -1.26. The SMILES string of the molecule is CC(C)C(C)CCO[Si](C)(C)C. The molecule has 0 bridgehead atoms. The van der Waals surface area contributed by atoms with Gasteiger partial charge in [0.05, 0.1) is 0 Å². The van der Waals surface area contributed by atoms with Gasteiger partial charge in [-0.1, -0.05) is 20.8 Å². The van der Waals surface area contributed by atoms with Crippen LogP contribution < -0.4 is 0 Å². The molecule has 0 heterocycles. The van der Waals surface area contributed by atoms with E-state index in [9.17, 15) is 0 Å². The van der Waals surface area contributed by atoms with Crippen molar-refractivity contribution in [1.82, 2.24) is 0 Å². The van der Waals surface area contributed by atoms with Crippen LogP contribution in [0.5, 0.6) is 0 Å². The Balaban J connectivity index is 3.44. The summed E-state index contributed by atoms with van der Waals surface area (Å²) in [6.07, 6.45) is 1.21. The molecule has 12 heavy (non-hydrogen) atoms. The van der Waals surface area contributed by atoms with Crippen LogP contribution in [0.3, 0.4) is 0 Å². The second-order valence-corrected chi connectivity index (χ2v) is 9.48. The van der Waals surface area contributed by atoms with Crippen LogP contribution in [0, 0.1) is 11.8 Å². The van der Waals surface area contributed by atoms with E-state index in [1.165, 1.54) is 6.42 Å².